The van der Waals surface area contributed by atoms with Crippen molar-refractivity contribution in [2.75, 3.05) is 0 Å². The number of hydrogen-bond acceptors (Lipinski definition) is 2. The third-order valence-corrected chi connectivity index (χ3v) is 3.71. The van der Waals surface area contributed by atoms with E-state index in [1.807, 2.05) is 32.9 Å². The van der Waals surface area contributed by atoms with Crippen molar-refractivity contribution in [3.8, 4) is 5.75 Å². The largest absolute Gasteiger partial charge is 0.480 e. The molecule has 1 aromatic rings. The highest BCUT2D eigenvalue weighted by Gasteiger charge is 2.30. The molecule has 0 fully saturated rings. The summed E-state index contributed by atoms with van der Waals surface area (Å²) in [7, 11) is 0. The molecular weight excluding hydrogens is 286 g/mol. The molecule has 1 aromatic carbocycles. The van der Waals surface area contributed by atoms with Crippen molar-refractivity contribution >= 4 is 5.91 Å². The van der Waals surface area contributed by atoms with E-state index in [1.165, 1.54) is 0 Å². The van der Waals surface area contributed by atoms with Gasteiger partial charge in [-0.2, -0.15) is 0 Å². The Balaban J connectivity index is 2.81. The summed E-state index contributed by atoms with van der Waals surface area (Å²) in [5, 5.41) is 3.15. The summed E-state index contributed by atoms with van der Waals surface area (Å²) < 4.78 is 6.00. The quantitative estimate of drug-likeness (QED) is 0.818. The normalized spacial score (nSPS) is 13.6. The summed E-state index contributed by atoms with van der Waals surface area (Å²) in [5.41, 5.74) is 2.09. The number of hydrogen-bond donors (Lipinski definition) is 1. The van der Waals surface area contributed by atoms with Crippen LogP contribution >= 0.6 is 0 Å². The van der Waals surface area contributed by atoms with Crippen LogP contribution in [0.1, 0.15) is 65.5 Å². The minimum Gasteiger partial charge on any atom is -0.480 e. The number of nitrogens with one attached hydrogen (secondary N) is 1. The van der Waals surface area contributed by atoms with Gasteiger partial charge >= 0.3 is 0 Å². The lowest BCUT2D eigenvalue weighted by atomic mass is 9.81. The van der Waals surface area contributed by atoms with E-state index >= 15 is 0 Å². The monoisotopic (exact) mass is 319 g/mol. The van der Waals surface area contributed by atoms with Crippen molar-refractivity contribution in [3.05, 3.63) is 29.3 Å². The molecule has 0 radical (unpaired) electrons. The molecule has 0 aromatic heterocycles. The molecule has 130 valence electrons. The number of rotatable bonds is 6. The van der Waals surface area contributed by atoms with Gasteiger partial charge in [0.15, 0.2) is 6.10 Å². The van der Waals surface area contributed by atoms with Crippen LogP contribution in [-0.2, 0) is 4.79 Å². The van der Waals surface area contributed by atoms with Gasteiger partial charge in [0, 0.05) is 5.54 Å². The molecule has 0 heterocycles. The molecule has 0 bridgehead atoms. The molecule has 0 aliphatic rings. The SMILES string of the molecule is CCC(Oc1cc(C)ccc1C)C(=O)NC(C)(C)CC(C)(C)C. The minimum absolute atomic E-state index is 0.0392. The molecule has 0 saturated heterocycles. The van der Waals surface area contributed by atoms with Gasteiger partial charge in [0.25, 0.3) is 5.91 Å². The van der Waals surface area contributed by atoms with Crippen LogP contribution in [0, 0.1) is 19.3 Å². The molecule has 1 atom stereocenters. The summed E-state index contributed by atoms with van der Waals surface area (Å²) in [6.07, 6.45) is 1.09. The van der Waals surface area contributed by atoms with Crippen molar-refractivity contribution in [1.29, 1.82) is 0 Å². The lowest BCUT2D eigenvalue weighted by molar-refractivity contribution is -0.130. The van der Waals surface area contributed by atoms with E-state index < -0.39 is 6.10 Å². The van der Waals surface area contributed by atoms with Crippen LogP contribution in [0.2, 0.25) is 0 Å². The first-order valence-electron chi connectivity index (χ1n) is 8.49. The summed E-state index contributed by atoms with van der Waals surface area (Å²) in [5.74, 6) is 0.753. The molecule has 3 heteroatoms. The van der Waals surface area contributed by atoms with Crippen LogP contribution in [-0.4, -0.2) is 17.6 Å². The molecule has 1 rings (SSSR count). The van der Waals surface area contributed by atoms with E-state index in [0.717, 1.165) is 23.3 Å². The third kappa shape index (κ3) is 6.64. The number of carbonyl (C=O) groups excluding carboxylic acids is 1. The summed E-state index contributed by atoms with van der Waals surface area (Å²) >= 11 is 0. The second-order valence-corrected chi connectivity index (χ2v) is 8.39. The molecule has 1 amide bonds. The van der Waals surface area contributed by atoms with E-state index in [-0.39, 0.29) is 16.9 Å². The average molecular weight is 319 g/mol. The standard InChI is InChI=1S/C20H33NO2/c1-9-16(23-17-12-14(2)10-11-15(17)3)18(22)21-20(7,8)13-19(4,5)6/h10-12,16H,9,13H2,1-8H3,(H,21,22). The average Bonchev–Trinajstić information content (AvgIpc) is 2.35. The summed E-state index contributed by atoms with van der Waals surface area (Å²) in [6, 6.07) is 6.07. The van der Waals surface area contributed by atoms with Crippen LogP contribution < -0.4 is 10.1 Å². The Labute approximate surface area is 141 Å². The van der Waals surface area contributed by atoms with E-state index in [1.54, 1.807) is 0 Å². The van der Waals surface area contributed by atoms with Gasteiger partial charge < -0.3 is 10.1 Å². The van der Waals surface area contributed by atoms with Gasteiger partial charge in [-0.05, 0) is 63.1 Å². The van der Waals surface area contributed by atoms with Crippen LogP contribution in [0.25, 0.3) is 0 Å². The zero-order valence-electron chi connectivity index (χ0n) is 16.0. The van der Waals surface area contributed by atoms with Crippen molar-refractivity contribution in [2.45, 2.75) is 79.9 Å². The highest BCUT2D eigenvalue weighted by Crippen LogP contribution is 2.27. The zero-order chi connectivity index (χ0) is 17.8. The Morgan fingerprint density at radius 3 is 2.30 bits per heavy atom. The maximum absolute atomic E-state index is 12.6. The second-order valence-electron chi connectivity index (χ2n) is 8.39. The topological polar surface area (TPSA) is 38.3 Å². The summed E-state index contributed by atoms with van der Waals surface area (Å²) in [6.45, 7) is 16.7. The molecule has 1 N–H and O–H groups in total. The lowest BCUT2D eigenvalue weighted by Crippen LogP contribution is -2.50. The fraction of sp³-hybridized carbons (Fsp3) is 0.650. The molecule has 1 unspecified atom stereocenters. The van der Waals surface area contributed by atoms with E-state index in [9.17, 15) is 4.79 Å². The van der Waals surface area contributed by atoms with Gasteiger partial charge in [0.2, 0.25) is 0 Å². The molecule has 0 aliphatic heterocycles. The maximum atomic E-state index is 12.6. The first-order valence-corrected chi connectivity index (χ1v) is 8.49. The third-order valence-electron chi connectivity index (χ3n) is 3.71. The number of ether oxygens (including phenoxy) is 1. The predicted molar refractivity (Wildman–Crippen MR) is 96.9 cm³/mol. The van der Waals surface area contributed by atoms with Crippen LogP contribution in [0.5, 0.6) is 5.75 Å². The first-order chi connectivity index (χ1) is 10.4. The van der Waals surface area contributed by atoms with Gasteiger partial charge in [-0.15, -0.1) is 0 Å². The van der Waals surface area contributed by atoms with Crippen molar-refractivity contribution < 1.29 is 9.53 Å². The molecule has 3 nitrogen and oxygen atoms in total. The van der Waals surface area contributed by atoms with Gasteiger partial charge in [0.05, 0.1) is 0 Å². The zero-order valence-corrected chi connectivity index (χ0v) is 16.0. The Hall–Kier alpha value is -1.51. The van der Waals surface area contributed by atoms with Crippen molar-refractivity contribution in [3.63, 3.8) is 0 Å². The van der Waals surface area contributed by atoms with Crippen LogP contribution in [0.4, 0.5) is 0 Å². The number of carbonyl (C=O) groups is 1. The Kier molecular flexibility index (Phi) is 6.26. The molecule has 0 aliphatic carbocycles. The lowest BCUT2D eigenvalue weighted by Gasteiger charge is -2.34. The van der Waals surface area contributed by atoms with Crippen molar-refractivity contribution in [2.24, 2.45) is 5.41 Å². The minimum atomic E-state index is -0.463. The van der Waals surface area contributed by atoms with E-state index in [2.05, 4.69) is 46.0 Å². The Morgan fingerprint density at radius 1 is 1.17 bits per heavy atom. The fourth-order valence-electron chi connectivity index (χ4n) is 3.09. The number of aryl methyl sites for hydroxylation is 2. The Bertz CT molecular complexity index is 541. The van der Waals surface area contributed by atoms with Gasteiger partial charge in [-0.3, -0.25) is 4.79 Å². The van der Waals surface area contributed by atoms with Crippen LogP contribution in [0.3, 0.4) is 0 Å². The van der Waals surface area contributed by atoms with Gasteiger partial charge in [0.1, 0.15) is 5.75 Å². The first kappa shape index (κ1) is 19.5. The highest BCUT2D eigenvalue weighted by molar-refractivity contribution is 5.81. The van der Waals surface area contributed by atoms with Gasteiger partial charge in [-0.1, -0.05) is 39.8 Å². The molecular formula is C20H33NO2. The molecule has 0 saturated carbocycles. The predicted octanol–water partition coefficient (Wildman–Crippen LogP) is 4.79. The van der Waals surface area contributed by atoms with E-state index in [0.29, 0.717) is 6.42 Å². The second kappa shape index (κ2) is 7.37. The number of amides is 1. The molecule has 23 heavy (non-hydrogen) atoms. The fourth-order valence-corrected chi connectivity index (χ4v) is 3.09. The van der Waals surface area contributed by atoms with Crippen LogP contribution in [0.15, 0.2) is 18.2 Å². The van der Waals surface area contributed by atoms with E-state index in [4.69, 9.17) is 4.74 Å². The molecule has 0 spiro atoms. The van der Waals surface area contributed by atoms with Gasteiger partial charge in [-0.25, -0.2) is 0 Å². The highest BCUT2D eigenvalue weighted by atomic mass is 16.5. The maximum Gasteiger partial charge on any atom is 0.261 e. The summed E-state index contributed by atoms with van der Waals surface area (Å²) in [4.78, 5) is 12.6. The smallest absolute Gasteiger partial charge is 0.261 e. The number of benzene rings is 1. The van der Waals surface area contributed by atoms with Crippen molar-refractivity contribution in [1.82, 2.24) is 5.32 Å². The Morgan fingerprint density at radius 2 is 1.78 bits per heavy atom.